The van der Waals surface area contributed by atoms with Crippen molar-refractivity contribution in [1.82, 2.24) is 0 Å². The van der Waals surface area contributed by atoms with Crippen LogP contribution in [0.25, 0.3) is 0 Å². The fourth-order valence-corrected chi connectivity index (χ4v) is 2.94. The maximum Gasteiger partial charge on any atom is -0.00209 e. The normalized spacial score (nSPS) is 17.1. The fourth-order valence-electron chi connectivity index (χ4n) is 2.94. The van der Waals surface area contributed by atoms with Crippen molar-refractivity contribution in [3.05, 3.63) is 47.1 Å². The molecule has 2 unspecified atom stereocenters. The van der Waals surface area contributed by atoms with Crippen molar-refractivity contribution in [2.24, 2.45) is 11.3 Å². The van der Waals surface area contributed by atoms with Crippen LogP contribution >= 0.6 is 0 Å². The van der Waals surface area contributed by atoms with Gasteiger partial charge >= 0.3 is 0 Å². The molecule has 0 aliphatic carbocycles. The summed E-state index contributed by atoms with van der Waals surface area (Å²) in [5.74, 6) is 0.541. The zero-order valence-electron chi connectivity index (χ0n) is 15.6. The lowest BCUT2D eigenvalue weighted by Gasteiger charge is -2.36. The monoisotopic (exact) mass is 288 g/mol. The summed E-state index contributed by atoms with van der Waals surface area (Å²) >= 11 is 0. The van der Waals surface area contributed by atoms with Crippen molar-refractivity contribution in [3.8, 4) is 0 Å². The molecule has 0 heterocycles. The zero-order valence-corrected chi connectivity index (χ0v) is 15.6. The van der Waals surface area contributed by atoms with Gasteiger partial charge in [0, 0.05) is 0 Å². The van der Waals surface area contributed by atoms with Gasteiger partial charge in [-0.2, -0.15) is 0 Å². The van der Waals surface area contributed by atoms with Crippen molar-refractivity contribution in [2.45, 2.75) is 74.7 Å². The molecule has 0 bridgehead atoms. The number of allylic oxidation sites excluding steroid dienone is 7. The van der Waals surface area contributed by atoms with Crippen LogP contribution in [0.3, 0.4) is 0 Å². The first-order chi connectivity index (χ1) is 9.67. The number of hydrogen-bond acceptors (Lipinski definition) is 0. The summed E-state index contributed by atoms with van der Waals surface area (Å²) in [5, 5.41) is 0. The molecule has 0 saturated heterocycles. The van der Waals surface area contributed by atoms with Gasteiger partial charge in [0.25, 0.3) is 0 Å². The lowest BCUT2D eigenvalue weighted by atomic mass is 9.69. The van der Waals surface area contributed by atoms with Crippen LogP contribution in [-0.2, 0) is 0 Å². The maximum absolute atomic E-state index is 4.04. The molecule has 0 amide bonds. The van der Waals surface area contributed by atoms with E-state index in [4.69, 9.17) is 0 Å². The predicted octanol–water partition coefficient (Wildman–Crippen LogP) is 7.25. The van der Waals surface area contributed by atoms with E-state index in [9.17, 15) is 0 Å². The summed E-state index contributed by atoms with van der Waals surface area (Å²) in [6, 6.07) is 0. The standard InChI is InChI=1S/C21H36/c1-10-12-20(15-18(7)13-16(3)4)21(9,11-2)19(8)14-17(5)6/h12,14-15,19H,3,10-11,13H2,1-2,4-9H3/b18-15-,20-12+. The van der Waals surface area contributed by atoms with Gasteiger partial charge in [0.1, 0.15) is 0 Å². The first-order valence-electron chi connectivity index (χ1n) is 8.34. The van der Waals surface area contributed by atoms with E-state index in [0.29, 0.717) is 5.92 Å². The summed E-state index contributed by atoms with van der Waals surface area (Å²) in [6.07, 6.45) is 10.5. The highest BCUT2D eigenvalue weighted by Crippen LogP contribution is 2.41. The zero-order chi connectivity index (χ0) is 16.6. The van der Waals surface area contributed by atoms with E-state index in [1.807, 2.05) is 0 Å². The van der Waals surface area contributed by atoms with E-state index < -0.39 is 0 Å². The molecule has 0 aromatic carbocycles. The molecule has 0 aromatic heterocycles. The van der Waals surface area contributed by atoms with Crippen LogP contribution < -0.4 is 0 Å². The van der Waals surface area contributed by atoms with E-state index in [1.165, 1.54) is 22.3 Å². The molecule has 0 saturated carbocycles. The van der Waals surface area contributed by atoms with Crippen LogP contribution in [-0.4, -0.2) is 0 Å². The number of hydrogen-bond donors (Lipinski definition) is 0. The van der Waals surface area contributed by atoms with Gasteiger partial charge in [-0.15, -0.1) is 0 Å². The molecule has 0 N–H and O–H groups in total. The fraction of sp³-hybridized carbons (Fsp3) is 0.619. The molecule has 0 fully saturated rings. The predicted molar refractivity (Wildman–Crippen MR) is 98.6 cm³/mol. The first-order valence-corrected chi connectivity index (χ1v) is 8.34. The van der Waals surface area contributed by atoms with Crippen molar-refractivity contribution in [1.29, 1.82) is 0 Å². The Morgan fingerprint density at radius 2 is 1.71 bits per heavy atom. The topological polar surface area (TPSA) is 0 Å². The summed E-state index contributed by atoms with van der Waals surface area (Å²) in [4.78, 5) is 0. The van der Waals surface area contributed by atoms with Gasteiger partial charge in [-0.3, -0.25) is 0 Å². The second-order valence-electron chi connectivity index (χ2n) is 7.00. The summed E-state index contributed by atoms with van der Waals surface area (Å²) < 4.78 is 0. The quantitative estimate of drug-likeness (QED) is 0.326. The van der Waals surface area contributed by atoms with E-state index in [-0.39, 0.29) is 5.41 Å². The Hall–Kier alpha value is -1.04. The van der Waals surface area contributed by atoms with Gasteiger partial charge in [0.15, 0.2) is 0 Å². The third-order valence-electron chi connectivity index (χ3n) is 4.39. The molecule has 0 heteroatoms. The average Bonchev–Trinajstić information content (AvgIpc) is 2.35. The van der Waals surface area contributed by atoms with Crippen LogP contribution in [0.1, 0.15) is 74.7 Å². The van der Waals surface area contributed by atoms with Crippen molar-refractivity contribution in [3.63, 3.8) is 0 Å². The third kappa shape index (κ3) is 6.50. The molecule has 0 nitrogen and oxygen atoms in total. The maximum atomic E-state index is 4.04. The molecular formula is C21H36. The minimum Gasteiger partial charge on any atom is -0.0998 e. The lowest BCUT2D eigenvalue weighted by Crippen LogP contribution is -2.25. The molecule has 0 radical (unpaired) electrons. The number of rotatable bonds is 8. The van der Waals surface area contributed by atoms with Gasteiger partial charge in [-0.05, 0) is 63.9 Å². The smallest absolute Gasteiger partial charge is 0.00209 e. The van der Waals surface area contributed by atoms with Gasteiger partial charge in [-0.25, -0.2) is 0 Å². The van der Waals surface area contributed by atoms with Crippen LogP contribution in [0.4, 0.5) is 0 Å². The van der Waals surface area contributed by atoms with E-state index in [1.54, 1.807) is 0 Å². The summed E-state index contributed by atoms with van der Waals surface area (Å²) in [5.41, 5.74) is 5.72. The van der Waals surface area contributed by atoms with Gasteiger partial charge in [0.05, 0.1) is 0 Å². The minimum atomic E-state index is 0.198. The highest BCUT2D eigenvalue weighted by atomic mass is 14.3. The van der Waals surface area contributed by atoms with E-state index >= 15 is 0 Å². The lowest BCUT2D eigenvalue weighted by molar-refractivity contribution is 0.298. The Bertz CT molecular complexity index is 427. The molecule has 120 valence electrons. The highest BCUT2D eigenvalue weighted by molar-refractivity contribution is 5.32. The van der Waals surface area contributed by atoms with Crippen LogP contribution in [0.15, 0.2) is 47.1 Å². The Labute approximate surface area is 133 Å². The van der Waals surface area contributed by atoms with Gasteiger partial charge in [-0.1, -0.05) is 69.2 Å². The summed E-state index contributed by atoms with van der Waals surface area (Å²) in [7, 11) is 0. The largest absolute Gasteiger partial charge is 0.0998 e. The molecule has 0 rings (SSSR count). The van der Waals surface area contributed by atoms with Gasteiger partial charge < -0.3 is 0 Å². The van der Waals surface area contributed by atoms with Crippen molar-refractivity contribution < 1.29 is 0 Å². The second kappa shape index (κ2) is 9.07. The molecule has 0 spiro atoms. The minimum absolute atomic E-state index is 0.198. The Morgan fingerprint density at radius 1 is 1.14 bits per heavy atom. The summed E-state index contributed by atoms with van der Waals surface area (Å²) in [6.45, 7) is 22.0. The van der Waals surface area contributed by atoms with Crippen molar-refractivity contribution in [2.75, 3.05) is 0 Å². The molecule has 0 aromatic rings. The molecule has 21 heavy (non-hydrogen) atoms. The first kappa shape index (κ1) is 20.0. The van der Waals surface area contributed by atoms with Crippen LogP contribution in [0, 0.1) is 11.3 Å². The van der Waals surface area contributed by atoms with E-state index in [0.717, 1.165) is 19.3 Å². The van der Waals surface area contributed by atoms with Crippen LogP contribution in [0.2, 0.25) is 0 Å². The SMILES string of the molecule is C=C(C)C/C(C)=C\C(=C/CC)C(C)(CC)C(C)C=C(C)C. The molecule has 0 aliphatic rings. The molecular weight excluding hydrogens is 252 g/mol. The Balaban J connectivity index is 5.65. The van der Waals surface area contributed by atoms with E-state index in [2.05, 4.69) is 80.2 Å². The Morgan fingerprint density at radius 3 is 2.10 bits per heavy atom. The third-order valence-corrected chi connectivity index (χ3v) is 4.39. The second-order valence-corrected chi connectivity index (χ2v) is 7.00. The van der Waals surface area contributed by atoms with Crippen LogP contribution in [0.5, 0.6) is 0 Å². The molecule has 2 atom stereocenters. The van der Waals surface area contributed by atoms with Gasteiger partial charge in [0.2, 0.25) is 0 Å². The average molecular weight is 289 g/mol. The highest BCUT2D eigenvalue weighted by Gasteiger charge is 2.30. The molecule has 0 aliphatic heterocycles. The van der Waals surface area contributed by atoms with Crippen molar-refractivity contribution >= 4 is 0 Å². The Kier molecular flexibility index (Phi) is 8.63.